The summed E-state index contributed by atoms with van der Waals surface area (Å²) < 4.78 is 21.7. The van der Waals surface area contributed by atoms with Gasteiger partial charge < -0.3 is 40.9 Å². The van der Waals surface area contributed by atoms with Gasteiger partial charge in [0.15, 0.2) is 18.0 Å². The summed E-state index contributed by atoms with van der Waals surface area (Å²) in [5.41, 5.74) is 3.08. The molecule has 0 amide bonds. The second kappa shape index (κ2) is 6.61. The maximum atomic E-state index is 11.8. The maximum absolute atomic E-state index is 11.8. The highest BCUT2D eigenvalue weighted by Gasteiger charge is 2.48. The van der Waals surface area contributed by atoms with Crippen LogP contribution in [0.2, 0.25) is 0 Å². The lowest BCUT2D eigenvalue weighted by atomic mass is 10.1. The number of nitrogens with one attached hydrogen (secondary N) is 1. The Kier molecular flexibility index (Phi) is 4.86. The zero-order chi connectivity index (χ0) is 20.1. The van der Waals surface area contributed by atoms with Crippen molar-refractivity contribution in [3.05, 3.63) is 12.0 Å². The minimum atomic E-state index is -4.81. The molecular formula is C12H18N5O9P. The molecule has 8 N–H and O–H groups in total. The Bertz CT molecular complexity index is 837. The molecular weight excluding hydrogens is 389 g/mol. The number of carbonyl (C=O) groups is 1. The first-order valence-corrected chi connectivity index (χ1v) is 9.12. The summed E-state index contributed by atoms with van der Waals surface area (Å²) in [6.07, 6.45) is -4.51. The third-order valence-corrected chi connectivity index (χ3v) is 4.65. The van der Waals surface area contributed by atoms with E-state index in [0.717, 1.165) is 17.8 Å². The number of hydrogen-bond acceptors (Lipinski definition) is 11. The van der Waals surface area contributed by atoms with Crippen molar-refractivity contribution in [2.45, 2.75) is 37.2 Å². The van der Waals surface area contributed by atoms with Crippen LogP contribution in [-0.4, -0.2) is 71.3 Å². The molecule has 0 bridgehead atoms. The first-order valence-electron chi connectivity index (χ1n) is 7.59. The zero-order valence-electron chi connectivity index (χ0n) is 13.8. The standard InChI is InChI=1S/C12H18N5O9P/c1-4(18)12(21)8-9(15-11(13)16-12)17(3-14-8)10-7(20)6(19)5(26-10)2-25-27(22,23)24/h3,5-7,10,19-21H,2H2,1H3,(H3,13,15,16)(H2,22,23,24)/t5-,6-,7-,10-,12?/m1/s1. The zero-order valence-corrected chi connectivity index (χ0v) is 14.7. The Morgan fingerprint density at radius 3 is 2.74 bits per heavy atom. The van der Waals surface area contributed by atoms with Gasteiger partial charge in [0.25, 0.3) is 5.72 Å². The number of fused-ring (bicyclic) bond motifs is 1. The van der Waals surface area contributed by atoms with Crippen LogP contribution in [0.5, 0.6) is 0 Å². The first kappa shape index (κ1) is 19.9. The molecule has 1 unspecified atom stereocenters. The summed E-state index contributed by atoms with van der Waals surface area (Å²) in [4.78, 5) is 36.9. The van der Waals surface area contributed by atoms with Gasteiger partial charge >= 0.3 is 7.82 Å². The molecule has 1 saturated heterocycles. The van der Waals surface area contributed by atoms with Crippen molar-refractivity contribution in [1.29, 1.82) is 0 Å². The van der Waals surface area contributed by atoms with E-state index in [1.807, 2.05) is 0 Å². The van der Waals surface area contributed by atoms with Crippen LogP contribution in [-0.2, 0) is 24.3 Å². The molecule has 2 aliphatic heterocycles. The van der Waals surface area contributed by atoms with Gasteiger partial charge in [-0.1, -0.05) is 0 Å². The number of anilines is 1. The molecule has 1 aromatic rings. The fraction of sp³-hybridized carbons (Fsp3) is 0.583. The Hall–Kier alpha value is -1.90. The lowest BCUT2D eigenvalue weighted by molar-refractivity contribution is -0.135. The van der Waals surface area contributed by atoms with Gasteiger partial charge in [0.1, 0.15) is 29.8 Å². The van der Waals surface area contributed by atoms with Crippen LogP contribution in [0.3, 0.4) is 0 Å². The number of imidazole rings is 1. The van der Waals surface area contributed by atoms with Crippen molar-refractivity contribution in [2.75, 3.05) is 11.9 Å². The molecule has 0 aromatic carbocycles. The van der Waals surface area contributed by atoms with Gasteiger partial charge in [0, 0.05) is 0 Å². The molecule has 27 heavy (non-hydrogen) atoms. The highest BCUT2D eigenvalue weighted by molar-refractivity contribution is 7.46. The molecule has 15 heteroatoms. The number of phosphoric acid groups is 1. The molecule has 1 fully saturated rings. The summed E-state index contributed by atoms with van der Waals surface area (Å²) in [5, 5.41) is 33.4. The molecule has 150 valence electrons. The summed E-state index contributed by atoms with van der Waals surface area (Å²) in [7, 11) is -4.81. The molecule has 0 spiro atoms. The summed E-state index contributed by atoms with van der Waals surface area (Å²) >= 11 is 0. The number of Topliss-reactive ketones (excluding diaryl/α,β-unsaturated/α-hetero) is 1. The molecule has 0 radical (unpaired) electrons. The van der Waals surface area contributed by atoms with E-state index < -0.39 is 50.5 Å². The monoisotopic (exact) mass is 407 g/mol. The number of rotatable bonds is 5. The molecule has 2 aliphatic rings. The van der Waals surface area contributed by atoms with Gasteiger partial charge in [-0.2, -0.15) is 0 Å². The molecule has 1 aromatic heterocycles. The Labute approximate surface area is 151 Å². The maximum Gasteiger partial charge on any atom is 0.469 e. The van der Waals surface area contributed by atoms with Crippen molar-refractivity contribution >= 4 is 25.4 Å². The highest BCUT2D eigenvalue weighted by atomic mass is 31.2. The third kappa shape index (κ3) is 3.49. The first-order chi connectivity index (χ1) is 12.4. The van der Waals surface area contributed by atoms with E-state index in [0.29, 0.717) is 0 Å². The number of aromatic nitrogens is 2. The van der Waals surface area contributed by atoms with Crippen molar-refractivity contribution < 1.29 is 43.7 Å². The van der Waals surface area contributed by atoms with Gasteiger partial charge in [0.2, 0.25) is 0 Å². The lowest BCUT2D eigenvalue weighted by Gasteiger charge is -2.27. The van der Waals surface area contributed by atoms with Crippen LogP contribution in [0.1, 0.15) is 18.8 Å². The van der Waals surface area contributed by atoms with Crippen LogP contribution in [0.15, 0.2) is 11.3 Å². The number of carbonyl (C=O) groups excluding carboxylic acids is 1. The lowest BCUT2D eigenvalue weighted by Crippen LogP contribution is -2.42. The topological polar surface area (TPSA) is 222 Å². The van der Waals surface area contributed by atoms with E-state index in [-0.39, 0.29) is 17.5 Å². The largest absolute Gasteiger partial charge is 0.469 e. The second-order valence-corrected chi connectivity index (χ2v) is 7.27. The molecule has 3 rings (SSSR count). The van der Waals surface area contributed by atoms with Gasteiger partial charge in [-0.3, -0.25) is 13.9 Å². The number of nitrogens with two attached hydrogens (primary N) is 1. The number of aliphatic hydroxyl groups excluding tert-OH is 2. The van der Waals surface area contributed by atoms with Gasteiger partial charge in [0.05, 0.1) is 12.9 Å². The fourth-order valence-corrected chi connectivity index (χ4v) is 3.16. The second-order valence-electron chi connectivity index (χ2n) is 6.03. The number of aliphatic imine (C=N–C) groups is 1. The number of aliphatic hydroxyl groups is 3. The fourth-order valence-electron chi connectivity index (χ4n) is 2.82. The van der Waals surface area contributed by atoms with E-state index in [1.165, 1.54) is 0 Å². The van der Waals surface area contributed by atoms with Gasteiger partial charge in [-0.15, -0.1) is 0 Å². The number of hydrogen-bond donors (Lipinski definition) is 7. The molecule has 0 aliphatic carbocycles. The average molecular weight is 407 g/mol. The van der Waals surface area contributed by atoms with Crippen molar-refractivity contribution in [2.24, 2.45) is 10.7 Å². The van der Waals surface area contributed by atoms with E-state index in [2.05, 4.69) is 19.8 Å². The van der Waals surface area contributed by atoms with E-state index >= 15 is 0 Å². The summed E-state index contributed by atoms with van der Waals surface area (Å²) in [5.74, 6) is -1.05. The Balaban J connectivity index is 1.90. The number of ether oxygens (including phenoxy) is 1. The van der Waals surface area contributed by atoms with Crippen LogP contribution in [0.25, 0.3) is 0 Å². The van der Waals surface area contributed by atoms with Gasteiger partial charge in [-0.25, -0.2) is 14.5 Å². The third-order valence-electron chi connectivity index (χ3n) is 4.16. The molecule has 3 heterocycles. The average Bonchev–Trinajstić information content (AvgIpc) is 3.07. The van der Waals surface area contributed by atoms with Crippen LogP contribution in [0, 0.1) is 0 Å². The number of guanidine groups is 1. The Morgan fingerprint density at radius 2 is 2.15 bits per heavy atom. The van der Waals surface area contributed by atoms with Crippen LogP contribution < -0.4 is 11.1 Å². The van der Waals surface area contributed by atoms with Crippen LogP contribution >= 0.6 is 7.82 Å². The van der Waals surface area contributed by atoms with E-state index in [4.69, 9.17) is 20.3 Å². The van der Waals surface area contributed by atoms with Crippen molar-refractivity contribution in [1.82, 2.24) is 9.55 Å². The van der Waals surface area contributed by atoms with Crippen molar-refractivity contribution in [3.8, 4) is 0 Å². The van der Waals surface area contributed by atoms with Crippen molar-refractivity contribution in [3.63, 3.8) is 0 Å². The number of nitrogens with zero attached hydrogens (tertiary/aromatic N) is 3. The van der Waals surface area contributed by atoms with E-state index in [9.17, 15) is 24.7 Å². The Morgan fingerprint density at radius 1 is 1.48 bits per heavy atom. The highest BCUT2D eigenvalue weighted by Crippen LogP contribution is 2.40. The number of ketones is 1. The van der Waals surface area contributed by atoms with Crippen LogP contribution in [0.4, 0.5) is 5.82 Å². The SMILES string of the molecule is CC(=O)C1(O)N=C(N)Nc2c1ncn2[C@@H]1O[C@H](COP(=O)(O)O)[C@@H](O)[C@H]1O. The minimum absolute atomic E-state index is 0.00648. The predicted molar refractivity (Wildman–Crippen MR) is 86.0 cm³/mol. The van der Waals surface area contributed by atoms with E-state index in [1.54, 1.807) is 0 Å². The molecule has 14 nitrogen and oxygen atoms in total. The predicted octanol–water partition coefficient (Wildman–Crippen LogP) is -2.91. The molecule has 0 saturated carbocycles. The van der Waals surface area contributed by atoms with Gasteiger partial charge in [-0.05, 0) is 6.92 Å². The minimum Gasteiger partial charge on any atom is -0.387 e. The molecule has 5 atom stereocenters. The summed E-state index contributed by atoms with van der Waals surface area (Å²) in [6, 6.07) is 0. The summed E-state index contributed by atoms with van der Waals surface area (Å²) in [6.45, 7) is 0.398. The smallest absolute Gasteiger partial charge is 0.387 e. The number of phosphoric ester groups is 1. The normalized spacial score (nSPS) is 33.3. The quantitative estimate of drug-likeness (QED) is 0.244.